The Morgan fingerprint density at radius 1 is 1.28 bits per heavy atom. The molecule has 1 saturated carbocycles. The molecule has 0 bridgehead atoms. The summed E-state index contributed by atoms with van der Waals surface area (Å²) in [7, 11) is 1.82. The number of rotatable bonds is 4. The van der Waals surface area contributed by atoms with Crippen LogP contribution in [0.25, 0.3) is 16.6 Å². The largest absolute Gasteiger partial charge is 0.468 e. The van der Waals surface area contributed by atoms with E-state index in [4.69, 9.17) is 25.3 Å². The molecule has 0 amide bonds. The number of anilines is 1. The standard InChI is InChI=1S/C21H28N6O2/c1-14-3-6-16(9-10-28-13-29-14)19-18-11-24-21(23-2)25-20(18)27(26-19)12-15-4-7-17(22)8-5-15/h3,6,9,11,15,17H,1,4-5,7-8,10,12-13,22H2,2H3,(H,23,24,25). The normalized spacial score (nSPS) is 23.1. The van der Waals surface area contributed by atoms with Crippen molar-refractivity contribution in [2.45, 2.75) is 38.3 Å². The van der Waals surface area contributed by atoms with Gasteiger partial charge in [-0.15, -0.1) is 0 Å². The quantitative estimate of drug-likeness (QED) is 0.819. The molecule has 1 aliphatic carbocycles. The van der Waals surface area contributed by atoms with Gasteiger partial charge in [-0.2, -0.15) is 10.1 Å². The SMILES string of the molecule is C=C1C=CC(c2nn(CC3CCC(N)CC3)c3nc(NC)ncc23)=CCOCO1. The van der Waals surface area contributed by atoms with Crippen LogP contribution in [0, 0.1) is 5.92 Å². The van der Waals surface area contributed by atoms with E-state index in [1.165, 1.54) is 0 Å². The molecule has 2 aliphatic rings. The van der Waals surface area contributed by atoms with Gasteiger partial charge in [0.2, 0.25) is 5.95 Å². The van der Waals surface area contributed by atoms with Crippen molar-refractivity contribution in [1.82, 2.24) is 19.7 Å². The summed E-state index contributed by atoms with van der Waals surface area (Å²) >= 11 is 0. The van der Waals surface area contributed by atoms with E-state index >= 15 is 0 Å². The lowest BCUT2D eigenvalue weighted by atomic mass is 9.86. The minimum absolute atomic E-state index is 0.181. The summed E-state index contributed by atoms with van der Waals surface area (Å²) < 4.78 is 12.9. The second-order valence-electron chi connectivity index (χ2n) is 7.58. The van der Waals surface area contributed by atoms with Gasteiger partial charge in [-0.1, -0.05) is 6.58 Å². The predicted molar refractivity (Wildman–Crippen MR) is 113 cm³/mol. The number of nitrogens with two attached hydrogens (primary N) is 1. The van der Waals surface area contributed by atoms with Crippen LogP contribution in [0.2, 0.25) is 0 Å². The van der Waals surface area contributed by atoms with Crippen LogP contribution >= 0.6 is 0 Å². The highest BCUT2D eigenvalue weighted by atomic mass is 16.7. The molecule has 8 heteroatoms. The third-order valence-corrected chi connectivity index (χ3v) is 5.51. The Hall–Kier alpha value is -2.71. The first-order chi connectivity index (χ1) is 14.1. The number of fused-ring (bicyclic) bond motifs is 1. The van der Waals surface area contributed by atoms with Crippen molar-refractivity contribution in [2.75, 3.05) is 25.8 Å². The monoisotopic (exact) mass is 396 g/mol. The van der Waals surface area contributed by atoms with Crippen LogP contribution < -0.4 is 11.1 Å². The first-order valence-electron chi connectivity index (χ1n) is 10.1. The van der Waals surface area contributed by atoms with E-state index in [1.807, 2.05) is 36.2 Å². The van der Waals surface area contributed by atoms with Crippen molar-refractivity contribution in [2.24, 2.45) is 11.7 Å². The lowest BCUT2D eigenvalue weighted by molar-refractivity contribution is -0.00590. The number of ether oxygens (including phenoxy) is 2. The van der Waals surface area contributed by atoms with Crippen molar-refractivity contribution in [3.05, 3.63) is 42.5 Å². The van der Waals surface area contributed by atoms with Crippen molar-refractivity contribution in [1.29, 1.82) is 0 Å². The van der Waals surface area contributed by atoms with Gasteiger partial charge in [0.15, 0.2) is 12.4 Å². The van der Waals surface area contributed by atoms with Crippen molar-refractivity contribution >= 4 is 22.6 Å². The van der Waals surface area contributed by atoms with Crippen molar-refractivity contribution in [3.8, 4) is 0 Å². The van der Waals surface area contributed by atoms with E-state index in [2.05, 4.69) is 16.9 Å². The summed E-state index contributed by atoms with van der Waals surface area (Å²) in [5.74, 6) is 1.69. The molecule has 29 heavy (non-hydrogen) atoms. The topological polar surface area (TPSA) is 100 Å². The van der Waals surface area contributed by atoms with Gasteiger partial charge >= 0.3 is 0 Å². The van der Waals surface area contributed by atoms with Crippen LogP contribution in [0.4, 0.5) is 5.95 Å². The van der Waals surface area contributed by atoms with E-state index < -0.39 is 0 Å². The Labute approximate surface area is 170 Å². The van der Waals surface area contributed by atoms with Gasteiger partial charge < -0.3 is 20.5 Å². The molecular weight excluding hydrogens is 368 g/mol. The molecule has 2 aromatic heterocycles. The second-order valence-corrected chi connectivity index (χ2v) is 7.58. The first-order valence-corrected chi connectivity index (χ1v) is 10.1. The Morgan fingerprint density at radius 2 is 2.10 bits per heavy atom. The molecule has 8 nitrogen and oxygen atoms in total. The van der Waals surface area contributed by atoms with Gasteiger partial charge in [0.05, 0.1) is 12.0 Å². The van der Waals surface area contributed by atoms with Crippen LogP contribution in [-0.4, -0.2) is 46.2 Å². The molecule has 2 aromatic rings. The summed E-state index contributed by atoms with van der Waals surface area (Å²) in [5.41, 5.74) is 8.68. The Balaban J connectivity index is 1.72. The molecule has 0 spiro atoms. The first kappa shape index (κ1) is 19.6. The zero-order chi connectivity index (χ0) is 20.2. The van der Waals surface area contributed by atoms with Crippen LogP contribution in [0.15, 0.2) is 36.8 Å². The van der Waals surface area contributed by atoms with E-state index in [9.17, 15) is 0 Å². The Morgan fingerprint density at radius 3 is 2.90 bits per heavy atom. The number of nitrogens with one attached hydrogen (secondary N) is 1. The number of allylic oxidation sites excluding steroid dienone is 3. The zero-order valence-corrected chi connectivity index (χ0v) is 16.8. The third kappa shape index (κ3) is 4.49. The maximum atomic E-state index is 6.08. The van der Waals surface area contributed by atoms with Crippen LogP contribution in [-0.2, 0) is 16.0 Å². The Kier molecular flexibility index (Phi) is 5.92. The average Bonchev–Trinajstić information content (AvgIpc) is 3.13. The molecule has 0 unspecified atom stereocenters. The molecule has 154 valence electrons. The average molecular weight is 396 g/mol. The molecular formula is C21H28N6O2. The van der Waals surface area contributed by atoms with Crippen LogP contribution in [0.3, 0.4) is 0 Å². The van der Waals surface area contributed by atoms with E-state index in [0.29, 0.717) is 30.3 Å². The third-order valence-electron chi connectivity index (χ3n) is 5.51. The van der Waals surface area contributed by atoms with Gasteiger partial charge in [0.1, 0.15) is 11.5 Å². The fourth-order valence-corrected chi connectivity index (χ4v) is 3.82. The molecule has 4 rings (SSSR count). The molecule has 0 atom stereocenters. The predicted octanol–water partition coefficient (Wildman–Crippen LogP) is 2.84. The number of hydrogen-bond donors (Lipinski definition) is 2. The highest BCUT2D eigenvalue weighted by Gasteiger charge is 2.22. The lowest BCUT2D eigenvalue weighted by Crippen LogP contribution is -2.28. The summed E-state index contributed by atoms with van der Waals surface area (Å²) in [6.45, 7) is 5.31. The van der Waals surface area contributed by atoms with Crippen molar-refractivity contribution < 1.29 is 9.47 Å². The van der Waals surface area contributed by atoms with E-state index in [0.717, 1.165) is 54.5 Å². The van der Waals surface area contributed by atoms with Crippen LogP contribution in [0.1, 0.15) is 31.4 Å². The molecule has 3 heterocycles. The summed E-state index contributed by atoms with van der Waals surface area (Å²) in [5, 5.41) is 8.87. The smallest absolute Gasteiger partial charge is 0.224 e. The maximum Gasteiger partial charge on any atom is 0.224 e. The highest BCUT2D eigenvalue weighted by molar-refractivity contribution is 5.91. The molecule has 0 saturated heterocycles. The number of nitrogens with zero attached hydrogens (tertiary/aromatic N) is 4. The minimum atomic E-state index is 0.181. The van der Waals surface area contributed by atoms with Gasteiger partial charge in [-0.3, -0.25) is 0 Å². The van der Waals surface area contributed by atoms with Crippen LogP contribution in [0.5, 0.6) is 0 Å². The summed E-state index contributed by atoms with van der Waals surface area (Å²) in [6.07, 6.45) is 12.0. The fraction of sp³-hybridized carbons (Fsp3) is 0.476. The number of hydrogen-bond acceptors (Lipinski definition) is 7. The van der Waals surface area contributed by atoms with E-state index in [1.54, 1.807) is 0 Å². The molecule has 3 N–H and O–H groups in total. The van der Waals surface area contributed by atoms with Gasteiger partial charge in [-0.05, 0) is 49.8 Å². The highest BCUT2D eigenvalue weighted by Crippen LogP contribution is 2.29. The van der Waals surface area contributed by atoms with Crippen molar-refractivity contribution in [3.63, 3.8) is 0 Å². The number of aromatic nitrogens is 4. The Bertz CT molecular complexity index is 940. The van der Waals surface area contributed by atoms with Gasteiger partial charge in [0, 0.05) is 31.4 Å². The molecule has 1 aliphatic heterocycles. The lowest BCUT2D eigenvalue weighted by Gasteiger charge is -2.25. The second kappa shape index (κ2) is 8.75. The fourth-order valence-electron chi connectivity index (χ4n) is 3.82. The zero-order valence-electron chi connectivity index (χ0n) is 16.8. The maximum absolute atomic E-state index is 6.08. The minimum Gasteiger partial charge on any atom is -0.468 e. The summed E-state index contributed by atoms with van der Waals surface area (Å²) in [6, 6.07) is 0.332. The molecule has 0 aromatic carbocycles. The summed E-state index contributed by atoms with van der Waals surface area (Å²) in [4.78, 5) is 9.10. The van der Waals surface area contributed by atoms with Gasteiger partial charge in [-0.25, -0.2) is 9.67 Å². The van der Waals surface area contributed by atoms with E-state index in [-0.39, 0.29) is 6.79 Å². The van der Waals surface area contributed by atoms with Gasteiger partial charge in [0.25, 0.3) is 0 Å². The molecule has 0 radical (unpaired) electrons. The molecule has 1 fully saturated rings.